The Morgan fingerprint density at radius 2 is 1.96 bits per heavy atom. The molecule has 0 fully saturated rings. The zero-order chi connectivity index (χ0) is 17.8. The highest BCUT2D eigenvalue weighted by Gasteiger charge is 2.12. The zero-order valence-electron chi connectivity index (χ0n) is 14.5. The summed E-state index contributed by atoms with van der Waals surface area (Å²) in [6, 6.07) is 14.5. The maximum Gasteiger partial charge on any atom is 0.331 e. The number of nitrogens with zero attached hydrogens (tertiary/aromatic N) is 2. The highest BCUT2D eigenvalue weighted by Crippen LogP contribution is 2.30. The molecule has 4 nitrogen and oxygen atoms in total. The van der Waals surface area contributed by atoms with Gasteiger partial charge in [0, 0.05) is 53.7 Å². The van der Waals surface area contributed by atoms with Crippen LogP contribution in [0.25, 0.3) is 21.8 Å². The molecular weight excluding hydrogens is 312 g/mol. The van der Waals surface area contributed by atoms with Crippen molar-refractivity contribution in [3.63, 3.8) is 0 Å². The quantitative estimate of drug-likeness (QED) is 0.299. The topological polar surface area (TPSA) is 43.6 Å². The summed E-state index contributed by atoms with van der Waals surface area (Å²) in [7, 11) is 0. The summed E-state index contributed by atoms with van der Waals surface area (Å²) in [4.78, 5) is 16.0. The highest BCUT2D eigenvalue weighted by atomic mass is 16.7. The average Bonchev–Trinajstić information content (AvgIpc) is 2.94. The minimum atomic E-state index is -0.443. The summed E-state index contributed by atoms with van der Waals surface area (Å²) in [5.74, 6) is 2.17. The number of fused-ring (bicyclic) bond motifs is 3. The molecule has 1 heterocycles. The molecule has 0 aliphatic heterocycles. The normalized spacial score (nSPS) is 11.6. The number of aryl methyl sites for hydroxylation is 1. The number of hydrogen-bond acceptors (Lipinski definition) is 3. The molecule has 3 rings (SSSR count). The SMILES string of the molecule is C#CCC/C(=N\OC(C)=O)c1ccc2c(c1)c1ccccc1n2CC. The van der Waals surface area contributed by atoms with Crippen LogP contribution in [0.1, 0.15) is 32.3 Å². The van der Waals surface area contributed by atoms with E-state index in [0.29, 0.717) is 18.6 Å². The van der Waals surface area contributed by atoms with Crippen LogP contribution in [0.3, 0.4) is 0 Å². The molecule has 25 heavy (non-hydrogen) atoms. The number of rotatable bonds is 5. The molecule has 0 atom stereocenters. The van der Waals surface area contributed by atoms with Gasteiger partial charge >= 0.3 is 5.97 Å². The molecular formula is C21H20N2O2. The van der Waals surface area contributed by atoms with Crippen LogP contribution < -0.4 is 0 Å². The molecule has 4 heteroatoms. The van der Waals surface area contributed by atoms with Gasteiger partial charge in [-0.2, -0.15) is 0 Å². The summed E-state index contributed by atoms with van der Waals surface area (Å²) in [5, 5.41) is 6.37. The number of carbonyl (C=O) groups excluding carboxylic acids is 1. The van der Waals surface area contributed by atoms with Gasteiger partial charge in [-0.1, -0.05) is 29.4 Å². The molecule has 126 valence electrons. The molecule has 0 bridgehead atoms. The first-order chi connectivity index (χ1) is 12.2. The Morgan fingerprint density at radius 3 is 2.68 bits per heavy atom. The Morgan fingerprint density at radius 1 is 1.20 bits per heavy atom. The Labute approximate surface area is 147 Å². The fraction of sp³-hybridized carbons (Fsp3) is 0.238. The molecule has 0 radical (unpaired) electrons. The monoisotopic (exact) mass is 332 g/mol. The van der Waals surface area contributed by atoms with Crippen molar-refractivity contribution in [1.29, 1.82) is 0 Å². The Hall–Kier alpha value is -3.06. The predicted octanol–water partition coefficient (Wildman–Crippen LogP) is 4.50. The Balaban J connectivity index is 2.16. The lowest BCUT2D eigenvalue weighted by Crippen LogP contribution is -2.04. The lowest BCUT2D eigenvalue weighted by molar-refractivity contribution is -0.140. The fourth-order valence-corrected chi connectivity index (χ4v) is 3.13. The van der Waals surface area contributed by atoms with Crippen LogP contribution in [-0.2, 0) is 16.2 Å². The summed E-state index contributed by atoms with van der Waals surface area (Å²) in [5.41, 5.74) is 3.99. The molecule has 0 N–H and O–H groups in total. The third kappa shape index (κ3) is 3.27. The van der Waals surface area contributed by atoms with Crippen molar-refractivity contribution in [3.05, 3.63) is 48.0 Å². The predicted molar refractivity (Wildman–Crippen MR) is 101 cm³/mol. The molecule has 0 aliphatic carbocycles. The minimum absolute atomic E-state index is 0.443. The number of carbonyl (C=O) groups is 1. The standard InChI is InChI=1S/C21H20N2O2/c1-4-6-10-19(22-25-15(3)24)16-12-13-21-18(14-16)17-9-7-8-11-20(17)23(21)5-2/h1,7-9,11-14H,5-6,10H2,2-3H3/b22-19+. The van der Waals surface area contributed by atoms with Gasteiger partial charge in [0.2, 0.25) is 0 Å². The highest BCUT2D eigenvalue weighted by molar-refractivity contribution is 6.11. The van der Waals surface area contributed by atoms with Crippen LogP contribution in [0.4, 0.5) is 0 Å². The van der Waals surface area contributed by atoms with E-state index in [9.17, 15) is 4.79 Å². The zero-order valence-corrected chi connectivity index (χ0v) is 14.5. The summed E-state index contributed by atoms with van der Waals surface area (Å²) in [6.45, 7) is 4.37. The summed E-state index contributed by atoms with van der Waals surface area (Å²) >= 11 is 0. The van der Waals surface area contributed by atoms with E-state index in [1.165, 1.54) is 23.3 Å². The Kier molecular flexibility index (Phi) is 4.85. The second kappa shape index (κ2) is 7.23. The van der Waals surface area contributed by atoms with Gasteiger partial charge in [-0.25, -0.2) is 4.79 Å². The summed E-state index contributed by atoms with van der Waals surface area (Å²) < 4.78 is 2.29. The smallest absolute Gasteiger partial charge is 0.331 e. The van der Waals surface area contributed by atoms with Crippen molar-refractivity contribution >= 4 is 33.5 Å². The number of terminal acetylenes is 1. The third-order valence-electron chi connectivity index (χ3n) is 4.21. The number of oxime groups is 1. The van der Waals surface area contributed by atoms with Crippen LogP contribution >= 0.6 is 0 Å². The van der Waals surface area contributed by atoms with E-state index in [4.69, 9.17) is 11.3 Å². The molecule has 1 aromatic heterocycles. The van der Waals surface area contributed by atoms with E-state index in [1.807, 2.05) is 12.1 Å². The first-order valence-electron chi connectivity index (χ1n) is 8.35. The number of aromatic nitrogens is 1. The van der Waals surface area contributed by atoms with Crippen LogP contribution in [-0.4, -0.2) is 16.2 Å². The lowest BCUT2D eigenvalue weighted by Gasteiger charge is -2.06. The second-order valence-corrected chi connectivity index (χ2v) is 5.82. The van der Waals surface area contributed by atoms with E-state index in [0.717, 1.165) is 17.5 Å². The van der Waals surface area contributed by atoms with E-state index in [-0.39, 0.29) is 0 Å². The largest absolute Gasteiger partial charge is 0.341 e. The molecule has 0 saturated carbocycles. The first kappa shape index (κ1) is 16.8. The van der Waals surface area contributed by atoms with Crippen LogP contribution in [0.15, 0.2) is 47.6 Å². The van der Waals surface area contributed by atoms with E-state index in [2.05, 4.69) is 52.9 Å². The van der Waals surface area contributed by atoms with Crippen LogP contribution in [0.5, 0.6) is 0 Å². The third-order valence-corrected chi connectivity index (χ3v) is 4.21. The van der Waals surface area contributed by atoms with Crippen molar-refractivity contribution in [2.24, 2.45) is 5.16 Å². The van der Waals surface area contributed by atoms with Gasteiger partial charge < -0.3 is 9.40 Å². The number of para-hydroxylation sites is 1. The molecule has 2 aromatic carbocycles. The van der Waals surface area contributed by atoms with Gasteiger partial charge in [-0.15, -0.1) is 12.3 Å². The maximum absolute atomic E-state index is 11.1. The van der Waals surface area contributed by atoms with Crippen molar-refractivity contribution in [1.82, 2.24) is 4.57 Å². The van der Waals surface area contributed by atoms with Crippen LogP contribution in [0, 0.1) is 12.3 Å². The van der Waals surface area contributed by atoms with Gasteiger partial charge in [0.05, 0.1) is 5.71 Å². The summed E-state index contributed by atoms with van der Waals surface area (Å²) in [6.07, 6.45) is 6.47. The van der Waals surface area contributed by atoms with Crippen LogP contribution in [0.2, 0.25) is 0 Å². The molecule has 0 unspecified atom stereocenters. The molecule has 0 spiro atoms. The van der Waals surface area contributed by atoms with Gasteiger partial charge in [-0.05, 0) is 25.1 Å². The van der Waals surface area contributed by atoms with E-state index >= 15 is 0 Å². The maximum atomic E-state index is 11.1. The van der Waals surface area contributed by atoms with Gasteiger partial charge in [-0.3, -0.25) is 0 Å². The number of benzene rings is 2. The van der Waals surface area contributed by atoms with Crippen molar-refractivity contribution in [3.8, 4) is 12.3 Å². The second-order valence-electron chi connectivity index (χ2n) is 5.82. The van der Waals surface area contributed by atoms with E-state index in [1.54, 1.807) is 0 Å². The Bertz CT molecular complexity index is 1010. The molecule has 3 aromatic rings. The van der Waals surface area contributed by atoms with Crippen molar-refractivity contribution in [2.75, 3.05) is 0 Å². The minimum Gasteiger partial charge on any atom is -0.341 e. The van der Waals surface area contributed by atoms with E-state index < -0.39 is 5.97 Å². The van der Waals surface area contributed by atoms with Crippen molar-refractivity contribution < 1.29 is 9.63 Å². The lowest BCUT2D eigenvalue weighted by atomic mass is 10.0. The van der Waals surface area contributed by atoms with Gasteiger partial charge in [0.1, 0.15) is 0 Å². The molecule has 0 amide bonds. The molecule has 0 saturated heterocycles. The van der Waals surface area contributed by atoms with Gasteiger partial charge in [0.25, 0.3) is 0 Å². The van der Waals surface area contributed by atoms with Crippen molar-refractivity contribution in [2.45, 2.75) is 33.2 Å². The number of hydrogen-bond donors (Lipinski definition) is 0. The first-order valence-corrected chi connectivity index (χ1v) is 8.35. The fourth-order valence-electron chi connectivity index (χ4n) is 3.13. The average molecular weight is 332 g/mol. The van der Waals surface area contributed by atoms with Gasteiger partial charge in [0.15, 0.2) is 0 Å². The molecule has 0 aliphatic rings.